The Balaban J connectivity index is 2.40. The molecule has 0 amide bonds. The van der Waals surface area contributed by atoms with E-state index in [0.717, 1.165) is 21.8 Å². The van der Waals surface area contributed by atoms with E-state index in [1.807, 2.05) is 38.3 Å². The van der Waals surface area contributed by atoms with Crippen LogP contribution in [0.3, 0.4) is 0 Å². The predicted molar refractivity (Wildman–Crippen MR) is 144 cm³/mol. The molecule has 2 unspecified atom stereocenters. The Labute approximate surface area is 224 Å². The van der Waals surface area contributed by atoms with E-state index in [9.17, 15) is 30.0 Å². The molecule has 8 nitrogen and oxygen atoms in total. The minimum atomic E-state index is -1.32. The summed E-state index contributed by atoms with van der Waals surface area (Å²) in [6, 6.07) is 0. The molecule has 1 aromatic heterocycles. The average Bonchev–Trinajstić information content (AvgIpc) is 3.23. The summed E-state index contributed by atoms with van der Waals surface area (Å²) < 4.78 is 5.77. The number of thiazole rings is 1. The molecular formula is C28H43NO7S. The smallest absolute Gasteiger partial charge is 0.309 e. The summed E-state index contributed by atoms with van der Waals surface area (Å²) in [6.07, 6.45) is -1.22. The lowest BCUT2D eigenvalue weighted by molar-refractivity contribution is -0.154. The molecule has 1 aliphatic rings. The van der Waals surface area contributed by atoms with Gasteiger partial charge in [-0.3, -0.25) is 9.59 Å². The second-order valence-corrected chi connectivity index (χ2v) is 12.1. The van der Waals surface area contributed by atoms with Gasteiger partial charge in [-0.25, -0.2) is 4.98 Å². The van der Waals surface area contributed by atoms with Gasteiger partial charge < -0.3 is 25.2 Å². The Bertz CT molecular complexity index is 998. The Morgan fingerprint density at radius 2 is 1.76 bits per heavy atom. The van der Waals surface area contributed by atoms with E-state index < -0.39 is 59.5 Å². The molecule has 0 spiro atoms. The first-order valence-electron chi connectivity index (χ1n) is 12.8. The van der Waals surface area contributed by atoms with Crippen LogP contribution in [0.15, 0.2) is 22.6 Å². The molecular weight excluding hydrogens is 494 g/mol. The van der Waals surface area contributed by atoms with Crippen molar-refractivity contribution in [3.05, 3.63) is 33.3 Å². The van der Waals surface area contributed by atoms with Crippen LogP contribution in [0.2, 0.25) is 0 Å². The molecule has 0 radical (unpaired) electrons. The molecule has 7 atom stereocenters. The van der Waals surface area contributed by atoms with E-state index in [4.69, 9.17) is 4.74 Å². The van der Waals surface area contributed by atoms with Gasteiger partial charge in [0.25, 0.3) is 0 Å². The van der Waals surface area contributed by atoms with E-state index in [1.54, 1.807) is 27.7 Å². The van der Waals surface area contributed by atoms with Crippen LogP contribution in [-0.4, -0.2) is 67.7 Å². The third-order valence-corrected chi connectivity index (χ3v) is 8.19. The number of carbonyl (C=O) groups is 2. The predicted octanol–water partition coefficient (Wildman–Crippen LogP) is 3.60. The van der Waals surface area contributed by atoms with Gasteiger partial charge in [0.2, 0.25) is 0 Å². The van der Waals surface area contributed by atoms with Gasteiger partial charge in [-0.15, -0.1) is 11.3 Å². The molecule has 0 bridgehead atoms. The van der Waals surface area contributed by atoms with Gasteiger partial charge in [0.1, 0.15) is 11.9 Å². The van der Waals surface area contributed by atoms with Crippen molar-refractivity contribution in [2.24, 2.45) is 17.3 Å². The number of ketones is 1. The first kappa shape index (κ1) is 31.3. The number of aromatic nitrogens is 1. The number of cyclic esters (lactones) is 1. The SMILES string of the molecule is CC1=CC[C@@H](C(C)=Cc2csc(C)n2)OC(=O)C[C@H](O)C(C)(C)C(=O)[C@H](C)[C@@H](O)[C@@H](C)CC(O)C(O)C1. The van der Waals surface area contributed by atoms with Crippen LogP contribution in [0.4, 0.5) is 0 Å². The number of ether oxygens (including phenoxy) is 1. The number of nitrogens with zero attached hydrogens (tertiary/aromatic N) is 1. The lowest BCUT2D eigenvalue weighted by atomic mass is 9.73. The minimum absolute atomic E-state index is 0.106. The van der Waals surface area contributed by atoms with E-state index in [-0.39, 0.29) is 19.3 Å². The fraction of sp³-hybridized carbons (Fsp3) is 0.679. The van der Waals surface area contributed by atoms with E-state index >= 15 is 0 Å². The molecule has 0 aliphatic carbocycles. The molecule has 1 aromatic rings. The molecule has 0 saturated heterocycles. The highest BCUT2D eigenvalue weighted by Crippen LogP contribution is 2.32. The quantitative estimate of drug-likeness (QED) is 0.332. The number of esters is 1. The summed E-state index contributed by atoms with van der Waals surface area (Å²) in [6.45, 7) is 12.0. The number of aliphatic hydroxyl groups is 4. The fourth-order valence-electron chi connectivity index (χ4n) is 4.65. The zero-order valence-electron chi connectivity index (χ0n) is 23.0. The summed E-state index contributed by atoms with van der Waals surface area (Å²) >= 11 is 1.51. The van der Waals surface area contributed by atoms with E-state index in [2.05, 4.69) is 4.98 Å². The van der Waals surface area contributed by atoms with Crippen molar-refractivity contribution in [2.75, 3.05) is 0 Å². The molecule has 0 fully saturated rings. The summed E-state index contributed by atoms with van der Waals surface area (Å²) in [5, 5.41) is 45.7. The summed E-state index contributed by atoms with van der Waals surface area (Å²) in [5.41, 5.74) is 1.01. The van der Waals surface area contributed by atoms with Gasteiger partial charge in [0.05, 0.1) is 47.0 Å². The number of hydrogen-bond acceptors (Lipinski definition) is 9. The Morgan fingerprint density at radius 1 is 1.11 bits per heavy atom. The fourth-order valence-corrected chi connectivity index (χ4v) is 5.22. The average molecular weight is 538 g/mol. The van der Waals surface area contributed by atoms with Crippen molar-refractivity contribution in [3.63, 3.8) is 0 Å². The molecule has 37 heavy (non-hydrogen) atoms. The maximum Gasteiger partial charge on any atom is 0.309 e. The number of rotatable bonds is 2. The van der Waals surface area contributed by atoms with Crippen LogP contribution in [0.25, 0.3) is 6.08 Å². The van der Waals surface area contributed by atoms with Crippen LogP contribution in [0.1, 0.15) is 77.9 Å². The number of Topliss-reactive ketones (excluding diaryl/α,β-unsaturated/α-hetero) is 1. The summed E-state index contributed by atoms with van der Waals surface area (Å²) in [4.78, 5) is 30.6. The van der Waals surface area contributed by atoms with E-state index in [1.165, 1.54) is 11.3 Å². The monoisotopic (exact) mass is 537 g/mol. The van der Waals surface area contributed by atoms with Gasteiger partial charge in [-0.2, -0.15) is 0 Å². The zero-order chi connectivity index (χ0) is 28.1. The molecule has 0 saturated carbocycles. The van der Waals surface area contributed by atoms with Crippen LogP contribution in [-0.2, 0) is 14.3 Å². The first-order chi connectivity index (χ1) is 17.1. The minimum Gasteiger partial charge on any atom is -0.457 e. The standard InChI is InChI=1S/C28H43NO7S/c1-15-8-9-23(16(2)11-20-14-37-19(5)29-20)36-25(33)13-24(32)28(6,7)27(35)18(4)26(34)17(3)12-22(31)21(30)10-15/h8,11,14,17-18,21-24,26,30-32,34H,9-10,12-13H2,1-7H3/t17-,18+,21?,22?,23-,24-,26-/m0/s1. The molecule has 208 valence electrons. The highest BCUT2D eigenvalue weighted by molar-refractivity contribution is 7.09. The largest absolute Gasteiger partial charge is 0.457 e. The Kier molecular flexibility index (Phi) is 11.2. The highest BCUT2D eigenvalue weighted by atomic mass is 32.1. The van der Waals surface area contributed by atoms with Gasteiger partial charge in [-0.05, 0) is 51.2 Å². The van der Waals surface area contributed by atoms with Crippen LogP contribution >= 0.6 is 11.3 Å². The molecule has 0 aromatic carbocycles. The van der Waals surface area contributed by atoms with Crippen LogP contribution < -0.4 is 0 Å². The van der Waals surface area contributed by atoms with Gasteiger partial charge in [-0.1, -0.05) is 39.3 Å². The second kappa shape index (κ2) is 13.2. The van der Waals surface area contributed by atoms with Crippen molar-refractivity contribution >= 4 is 29.2 Å². The summed E-state index contributed by atoms with van der Waals surface area (Å²) in [7, 11) is 0. The molecule has 1 aliphatic heterocycles. The van der Waals surface area contributed by atoms with Crippen molar-refractivity contribution in [1.29, 1.82) is 0 Å². The van der Waals surface area contributed by atoms with Crippen molar-refractivity contribution < 1.29 is 34.8 Å². The van der Waals surface area contributed by atoms with Gasteiger partial charge in [0, 0.05) is 17.7 Å². The Hall–Kier alpha value is -1.91. The van der Waals surface area contributed by atoms with Gasteiger partial charge >= 0.3 is 5.97 Å². The molecule has 9 heteroatoms. The highest BCUT2D eigenvalue weighted by Gasteiger charge is 2.42. The van der Waals surface area contributed by atoms with Crippen molar-refractivity contribution in [1.82, 2.24) is 4.98 Å². The zero-order valence-corrected chi connectivity index (χ0v) is 23.8. The van der Waals surface area contributed by atoms with Crippen molar-refractivity contribution in [3.8, 4) is 0 Å². The number of aliphatic hydroxyl groups excluding tert-OH is 4. The lowest BCUT2D eigenvalue weighted by Crippen LogP contribution is -2.46. The maximum absolute atomic E-state index is 13.2. The molecule has 2 rings (SSSR count). The van der Waals surface area contributed by atoms with Gasteiger partial charge in [0.15, 0.2) is 0 Å². The Morgan fingerprint density at radius 3 is 2.35 bits per heavy atom. The third kappa shape index (κ3) is 8.55. The number of aryl methyl sites for hydroxylation is 1. The van der Waals surface area contributed by atoms with Crippen LogP contribution in [0, 0.1) is 24.2 Å². The molecule has 2 heterocycles. The topological polar surface area (TPSA) is 137 Å². The maximum atomic E-state index is 13.2. The normalized spacial score (nSPS) is 33.4. The number of carbonyl (C=O) groups excluding carboxylic acids is 2. The third-order valence-electron chi connectivity index (χ3n) is 7.40. The lowest BCUT2D eigenvalue weighted by Gasteiger charge is -2.35. The van der Waals surface area contributed by atoms with E-state index in [0.29, 0.717) is 6.42 Å². The number of hydrogen-bond donors (Lipinski definition) is 4. The second-order valence-electron chi connectivity index (χ2n) is 11.1. The summed E-state index contributed by atoms with van der Waals surface area (Å²) in [5.74, 6) is -2.37. The van der Waals surface area contributed by atoms with Crippen molar-refractivity contribution in [2.45, 2.75) is 105 Å². The van der Waals surface area contributed by atoms with Crippen LogP contribution in [0.5, 0.6) is 0 Å². The first-order valence-corrected chi connectivity index (χ1v) is 13.7. The molecule has 4 N–H and O–H groups in total.